The SMILES string of the molecule is CC(=O)Cc1cc(C(C)F)cc(F)c1F. The molecule has 15 heavy (non-hydrogen) atoms. The van der Waals surface area contributed by atoms with Gasteiger partial charge in [0.2, 0.25) is 0 Å². The van der Waals surface area contributed by atoms with Crippen molar-refractivity contribution < 1.29 is 18.0 Å². The van der Waals surface area contributed by atoms with E-state index < -0.39 is 17.8 Å². The van der Waals surface area contributed by atoms with E-state index >= 15 is 0 Å². The van der Waals surface area contributed by atoms with Gasteiger partial charge in [0.15, 0.2) is 11.6 Å². The van der Waals surface area contributed by atoms with E-state index in [9.17, 15) is 18.0 Å². The van der Waals surface area contributed by atoms with Crippen molar-refractivity contribution in [1.29, 1.82) is 0 Å². The molecule has 0 spiro atoms. The molecule has 0 aliphatic rings. The lowest BCUT2D eigenvalue weighted by Crippen LogP contribution is -2.03. The van der Waals surface area contributed by atoms with Crippen molar-refractivity contribution in [3.8, 4) is 0 Å². The smallest absolute Gasteiger partial charge is 0.162 e. The summed E-state index contributed by atoms with van der Waals surface area (Å²) in [4.78, 5) is 10.8. The summed E-state index contributed by atoms with van der Waals surface area (Å²) in [6.07, 6.45) is -1.60. The Morgan fingerprint density at radius 3 is 2.47 bits per heavy atom. The highest BCUT2D eigenvalue weighted by Gasteiger charge is 2.14. The van der Waals surface area contributed by atoms with E-state index in [1.165, 1.54) is 19.9 Å². The highest BCUT2D eigenvalue weighted by Crippen LogP contribution is 2.22. The Bertz CT molecular complexity index is 386. The minimum Gasteiger partial charge on any atom is -0.300 e. The van der Waals surface area contributed by atoms with Crippen LogP contribution in [0.5, 0.6) is 0 Å². The van der Waals surface area contributed by atoms with Gasteiger partial charge in [-0.3, -0.25) is 4.79 Å². The van der Waals surface area contributed by atoms with Crippen LogP contribution in [0.15, 0.2) is 12.1 Å². The highest BCUT2D eigenvalue weighted by atomic mass is 19.2. The van der Waals surface area contributed by atoms with Gasteiger partial charge in [-0.05, 0) is 37.1 Å². The van der Waals surface area contributed by atoms with Gasteiger partial charge in [-0.15, -0.1) is 0 Å². The zero-order valence-electron chi connectivity index (χ0n) is 8.48. The maximum absolute atomic E-state index is 13.2. The number of hydrogen-bond acceptors (Lipinski definition) is 1. The summed E-state index contributed by atoms with van der Waals surface area (Å²) in [6.45, 7) is 2.49. The van der Waals surface area contributed by atoms with Crippen molar-refractivity contribution in [2.24, 2.45) is 0 Å². The Labute approximate surface area is 85.9 Å². The second-order valence-electron chi connectivity index (χ2n) is 3.47. The molecule has 0 bridgehead atoms. The van der Waals surface area contributed by atoms with Crippen LogP contribution < -0.4 is 0 Å². The fourth-order valence-corrected chi connectivity index (χ4v) is 1.30. The molecule has 0 aromatic heterocycles. The Morgan fingerprint density at radius 2 is 2.00 bits per heavy atom. The summed E-state index contributed by atoms with van der Waals surface area (Å²) in [5.74, 6) is -2.49. The molecule has 0 radical (unpaired) electrons. The number of hydrogen-bond donors (Lipinski definition) is 0. The topological polar surface area (TPSA) is 17.1 Å². The van der Waals surface area contributed by atoms with E-state index in [0.717, 1.165) is 6.07 Å². The van der Waals surface area contributed by atoms with Gasteiger partial charge in [0.25, 0.3) is 0 Å². The minimum absolute atomic E-state index is 0.0464. The Balaban J connectivity index is 3.18. The van der Waals surface area contributed by atoms with Crippen molar-refractivity contribution in [2.75, 3.05) is 0 Å². The number of alkyl halides is 1. The summed E-state index contributed by atoms with van der Waals surface area (Å²) in [5, 5.41) is 0. The van der Waals surface area contributed by atoms with Crippen LogP contribution in [-0.4, -0.2) is 5.78 Å². The van der Waals surface area contributed by atoms with Gasteiger partial charge in [0.05, 0.1) is 0 Å². The van der Waals surface area contributed by atoms with E-state index in [-0.39, 0.29) is 23.3 Å². The van der Waals surface area contributed by atoms with Gasteiger partial charge < -0.3 is 0 Å². The van der Waals surface area contributed by atoms with Crippen LogP contribution in [0.2, 0.25) is 0 Å². The molecule has 1 aromatic rings. The van der Waals surface area contributed by atoms with Gasteiger partial charge in [-0.1, -0.05) is 0 Å². The van der Waals surface area contributed by atoms with Gasteiger partial charge >= 0.3 is 0 Å². The fraction of sp³-hybridized carbons (Fsp3) is 0.364. The first-order chi connectivity index (χ1) is 6.91. The Hall–Kier alpha value is -1.32. The minimum atomic E-state index is -1.38. The molecule has 0 aliphatic heterocycles. The van der Waals surface area contributed by atoms with Gasteiger partial charge in [0, 0.05) is 6.42 Å². The number of carbonyl (C=O) groups excluding carboxylic acids is 1. The predicted octanol–water partition coefficient (Wildman–Crippen LogP) is 3.13. The molecule has 1 aromatic carbocycles. The lowest BCUT2D eigenvalue weighted by Gasteiger charge is -2.07. The molecule has 1 atom stereocenters. The third-order valence-corrected chi connectivity index (χ3v) is 2.02. The maximum Gasteiger partial charge on any atom is 0.162 e. The van der Waals surface area contributed by atoms with Crippen LogP contribution >= 0.6 is 0 Å². The standard InChI is InChI=1S/C11H11F3O/c1-6(15)3-9-4-8(7(2)12)5-10(13)11(9)14/h4-5,7H,3H2,1-2H3. The molecular formula is C11H11F3O. The normalized spacial score (nSPS) is 12.6. The van der Waals surface area contributed by atoms with Gasteiger partial charge in [-0.25, -0.2) is 13.2 Å². The molecule has 82 valence electrons. The predicted molar refractivity (Wildman–Crippen MR) is 50.3 cm³/mol. The monoisotopic (exact) mass is 216 g/mol. The van der Waals surface area contributed by atoms with Crippen molar-refractivity contribution in [2.45, 2.75) is 26.4 Å². The zero-order valence-corrected chi connectivity index (χ0v) is 8.48. The molecule has 1 rings (SSSR count). The number of carbonyl (C=O) groups is 1. The van der Waals surface area contributed by atoms with Crippen molar-refractivity contribution in [1.82, 2.24) is 0 Å². The lowest BCUT2D eigenvalue weighted by molar-refractivity contribution is -0.116. The van der Waals surface area contributed by atoms with Crippen LogP contribution in [0.4, 0.5) is 13.2 Å². The molecule has 0 amide bonds. The highest BCUT2D eigenvalue weighted by molar-refractivity contribution is 5.78. The summed E-state index contributed by atoms with van der Waals surface area (Å²) >= 11 is 0. The van der Waals surface area contributed by atoms with E-state index in [1.807, 2.05) is 0 Å². The summed E-state index contributed by atoms with van der Waals surface area (Å²) in [7, 11) is 0. The number of Topliss-reactive ketones (excluding diaryl/α,β-unsaturated/α-hetero) is 1. The molecule has 0 N–H and O–H groups in total. The largest absolute Gasteiger partial charge is 0.300 e. The molecule has 1 nitrogen and oxygen atoms in total. The van der Waals surface area contributed by atoms with Gasteiger partial charge in [0.1, 0.15) is 12.0 Å². The molecule has 0 heterocycles. The lowest BCUT2D eigenvalue weighted by atomic mass is 10.0. The molecule has 1 unspecified atom stereocenters. The van der Waals surface area contributed by atoms with Crippen LogP contribution in [0.1, 0.15) is 31.1 Å². The first kappa shape index (κ1) is 11.8. The van der Waals surface area contributed by atoms with E-state index in [0.29, 0.717) is 0 Å². The van der Waals surface area contributed by atoms with E-state index in [2.05, 4.69) is 0 Å². The molecule has 0 saturated carbocycles. The number of benzene rings is 1. The molecule has 0 fully saturated rings. The number of ketones is 1. The first-order valence-corrected chi connectivity index (χ1v) is 4.53. The van der Waals surface area contributed by atoms with E-state index in [1.54, 1.807) is 0 Å². The summed E-state index contributed by atoms with van der Waals surface area (Å²) in [5.41, 5.74) is -0.0489. The molecule has 0 saturated heterocycles. The second-order valence-corrected chi connectivity index (χ2v) is 3.47. The Morgan fingerprint density at radius 1 is 1.40 bits per heavy atom. The van der Waals surface area contributed by atoms with Gasteiger partial charge in [-0.2, -0.15) is 0 Å². The molecule has 0 aliphatic carbocycles. The quantitative estimate of drug-likeness (QED) is 0.758. The van der Waals surface area contributed by atoms with Crippen molar-refractivity contribution in [3.63, 3.8) is 0 Å². The fourth-order valence-electron chi connectivity index (χ4n) is 1.30. The maximum atomic E-state index is 13.2. The zero-order chi connectivity index (χ0) is 11.6. The van der Waals surface area contributed by atoms with Crippen LogP contribution in [0, 0.1) is 11.6 Å². The third-order valence-electron chi connectivity index (χ3n) is 2.02. The second kappa shape index (κ2) is 4.47. The van der Waals surface area contributed by atoms with Crippen molar-refractivity contribution in [3.05, 3.63) is 34.9 Å². The number of rotatable bonds is 3. The summed E-state index contributed by atoms with van der Waals surface area (Å²) < 4.78 is 39.0. The average Bonchev–Trinajstić information content (AvgIpc) is 2.11. The van der Waals surface area contributed by atoms with Crippen LogP contribution in [0.3, 0.4) is 0 Å². The van der Waals surface area contributed by atoms with Crippen LogP contribution in [0.25, 0.3) is 0 Å². The Kier molecular flexibility index (Phi) is 3.50. The van der Waals surface area contributed by atoms with Crippen molar-refractivity contribution >= 4 is 5.78 Å². The molecular weight excluding hydrogens is 205 g/mol. The first-order valence-electron chi connectivity index (χ1n) is 4.53. The molecule has 4 heteroatoms. The third kappa shape index (κ3) is 2.81. The van der Waals surface area contributed by atoms with E-state index in [4.69, 9.17) is 0 Å². The number of halogens is 3. The van der Waals surface area contributed by atoms with Crippen LogP contribution in [-0.2, 0) is 11.2 Å². The average molecular weight is 216 g/mol. The summed E-state index contributed by atoms with van der Waals surface area (Å²) in [6, 6.07) is 1.99.